The predicted molar refractivity (Wildman–Crippen MR) is 153 cm³/mol. The molecule has 0 saturated heterocycles. The van der Waals surface area contributed by atoms with Crippen LogP contribution < -0.4 is 10.6 Å². The lowest BCUT2D eigenvalue weighted by Crippen LogP contribution is -2.20. The van der Waals surface area contributed by atoms with Crippen molar-refractivity contribution in [1.29, 1.82) is 0 Å². The lowest BCUT2D eigenvalue weighted by atomic mass is 9.88. The maximum atomic E-state index is 12.6. The Morgan fingerprint density at radius 3 is 1.63 bits per heavy atom. The summed E-state index contributed by atoms with van der Waals surface area (Å²) in [6, 6.07) is 15.9. The van der Waals surface area contributed by atoms with Crippen molar-refractivity contribution in [2.45, 2.75) is 19.3 Å². The summed E-state index contributed by atoms with van der Waals surface area (Å²) in [6.07, 6.45) is 0.481. The van der Waals surface area contributed by atoms with Crippen LogP contribution in [0.1, 0.15) is 65.4 Å². The topological polar surface area (TPSA) is 133 Å². The van der Waals surface area contributed by atoms with E-state index in [1.807, 2.05) is 6.92 Å². The summed E-state index contributed by atoms with van der Waals surface area (Å²) in [7, 11) is 0. The summed E-state index contributed by atoms with van der Waals surface area (Å²) in [5.74, 6) is -2.55. The Bertz CT molecular complexity index is 1870. The quantitative estimate of drug-likeness (QED) is 0.217. The molecule has 8 nitrogen and oxygen atoms in total. The van der Waals surface area contributed by atoms with Gasteiger partial charge in [-0.05, 0) is 72.0 Å². The summed E-state index contributed by atoms with van der Waals surface area (Å²) < 4.78 is 0. The van der Waals surface area contributed by atoms with Crippen molar-refractivity contribution in [3.8, 4) is 33.8 Å². The minimum atomic E-state index is -0.585. The molecule has 0 fully saturated rings. The standard InChI is InChI=1S/C31H20Cl2N2O6/c1-13(15-3-9-23(37)19(12-15)25-21(33)7-5-17-27(25)31(41)35-29(17)39)10-14-2-8-22(36)18(11-14)24-20(32)6-4-16-26(24)30(40)34-28(16)38/h2-9,11-13,36-37H,10H2,1H3,(H,34,38,40)(H,35,39,41). The van der Waals surface area contributed by atoms with Gasteiger partial charge in [0.2, 0.25) is 0 Å². The molecule has 0 aromatic heterocycles. The summed E-state index contributed by atoms with van der Waals surface area (Å²) in [4.78, 5) is 49.5. The van der Waals surface area contributed by atoms with Gasteiger partial charge in [-0.15, -0.1) is 0 Å². The third-order valence-corrected chi connectivity index (χ3v) is 8.07. The van der Waals surface area contributed by atoms with E-state index >= 15 is 0 Å². The van der Waals surface area contributed by atoms with Crippen molar-refractivity contribution in [2.24, 2.45) is 0 Å². The number of carbonyl (C=O) groups excluding carboxylic acids is 4. The van der Waals surface area contributed by atoms with Crippen LogP contribution in [0.25, 0.3) is 22.3 Å². The lowest BCUT2D eigenvalue weighted by molar-refractivity contribution is 0.0863. The fourth-order valence-electron chi connectivity index (χ4n) is 5.44. The normalized spacial score (nSPS) is 14.5. The van der Waals surface area contributed by atoms with Crippen LogP contribution in [-0.2, 0) is 6.42 Å². The van der Waals surface area contributed by atoms with Crippen LogP contribution in [0.2, 0.25) is 10.0 Å². The van der Waals surface area contributed by atoms with Crippen molar-refractivity contribution in [2.75, 3.05) is 0 Å². The molecule has 4 N–H and O–H groups in total. The molecule has 6 rings (SSSR count). The van der Waals surface area contributed by atoms with E-state index in [1.165, 1.54) is 36.4 Å². The number of rotatable bonds is 5. The first-order chi connectivity index (χ1) is 19.5. The average Bonchev–Trinajstić information content (AvgIpc) is 3.39. The van der Waals surface area contributed by atoms with Gasteiger partial charge in [-0.2, -0.15) is 0 Å². The molecule has 2 aliphatic rings. The van der Waals surface area contributed by atoms with Gasteiger partial charge in [-0.25, -0.2) is 0 Å². The first-order valence-electron chi connectivity index (χ1n) is 12.6. The summed E-state index contributed by atoms with van der Waals surface area (Å²) >= 11 is 12.9. The second-order valence-corrected chi connectivity index (χ2v) is 10.8. The number of hydrogen-bond acceptors (Lipinski definition) is 6. The first-order valence-corrected chi connectivity index (χ1v) is 13.3. The molecule has 1 unspecified atom stereocenters. The van der Waals surface area contributed by atoms with E-state index in [4.69, 9.17) is 23.2 Å². The molecule has 4 aromatic rings. The second kappa shape index (κ2) is 9.76. The largest absolute Gasteiger partial charge is 0.507 e. The van der Waals surface area contributed by atoms with Gasteiger partial charge in [-0.3, -0.25) is 29.8 Å². The third kappa shape index (κ3) is 4.32. The van der Waals surface area contributed by atoms with Crippen LogP contribution in [0.4, 0.5) is 0 Å². The van der Waals surface area contributed by atoms with Gasteiger partial charge in [-0.1, -0.05) is 42.3 Å². The highest BCUT2D eigenvalue weighted by Crippen LogP contribution is 2.43. The molecule has 41 heavy (non-hydrogen) atoms. The smallest absolute Gasteiger partial charge is 0.259 e. The minimum absolute atomic E-state index is 0.101. The fraction of sp³-hybridized carbons (Fsp3) is 0.0968. The number of benzene rings is 4. The summed E-state index contributed by atoms with van der Waals surface area (Å²) in [5, 5.41) is 26.4. The molecule has 0 saturated carbocycles. The van der Waals surface area contributed by atoms with Crippen molar-refractivity contribution in [3.63, 3.8) is 0 Å². The van der Waals surface area contributed by atoms with Crippen molar-refractivity contribution >= 4 is 46.8 Å². The van der Waals surface area contributed by atoms with E-state index in [0.29, 0.717) is 17.5 Å². The van der Waals surface area contributed by atoms with E-state index in [-0.39, 0.29) is 60.8 Å². The van der Waals surface area contributed by atoms with Gasteiger partial charge >= 0.3 is 0 Å². The van der Waals surface area contributed by atoms with Crippen molar-refractivity contribution in [3.05, 3.63) is 104 Å². The van der Waals surface area contributed by atoms with E-state index in [2.05, 4.69) is 10.6 Å². The number of phenolic OH excluding ortho intramolecular Hbond substituents is 2. The number of halogens is 2. The van der Waals surface area contributed by atoms with Crippen LogP contribution in [0.15, 0.2) is 60.7 Å². The van der Waals surface area contributed by atoms with Crippen LogP contribution in [0.3, 0.4) is 0 Å². The molecule has 2 aliphatic heterocycles. The highest BCUT2D eigenvalue weighted by Gasteiger charge is 2.33. The van der Waals surface area contributed by atoms with Crippen molar-refractivity contribution in [1.82, 2.24) is 10.6 Å². The molecule has 204 valence electrons. The number of imide groups is 2. The van der Waals surface area contributed by atoms with Gasteiger partial charge in [0, 0.05) is 32.3 Å². The van der Waals surface area contributed by atoms with Gasteiger partial charge < -0.3 is 10.2 Å². The zero-order chi connectivity index (χ0) is 29.2. The molecule has 1 atom stereocenters. The number of carbonyl (C=O) groups is 4. The molecule has 0 spiro atoms. The monoisotopic (exact) mass is 586 g/mol. The number of hydrogen-bond donors (Lipinski definition) is 4. The molecule has 10 heteroatoms. The molecule has 4 aromatic carbocycles. The number of amides is 4. The van der Waals surface area contributed by atoms with Crippen LogP contribution in [-0.4, -0.2) is 33.8 Å². The van der Waals surface area contributed by atoms with Gasteiger partial charge in [0.05, 0.1) is 22.3 Å². The van der Waals surface area contributed by atoms with E-state index < -0.39 is 23.6 Å². The van der Waals surface area contributed by atoms with Crippen LogP contribution in [0, 0.1) is 0 Å². The predicted octanol–water partition coefficient (Wildman–Crippen LogP) is 5.85. The maximum absolute atomic E-state index is 12.6. The zero-order valence-corrected chi connectivity index (χ0v) is 22.9. The van der Waals surface area contributed by atoms with Gasteiger partial charge in [0.25, 0.3) is 23.6 Å². The SMILES string of the molecule is CC(Cc1ccc(O)c(-c2c(Cl)ccc3c2C(=O)NC3=O)c1)c1ccc(O)c(-c2c(Cl)ccc3c2C(=O)NC3=O)c1. The molecule has 0 radical (unpaired) electrons. The number of phenols is 2. The lowest BCUT2D eigenvalue weighted by Gasteiger charge is -2.17. The third-order valence-electron chi connectivity index (χ3n) is 7.44. The molecular weight excluding hydrogens is 567 g/mol. The molecular formula is C31H20Cl2N2O6. The highest BCUT2D eigenvalue weighted by atomic mass is 35.5. The number of fused-ring (bicyclic) bond motifs is 2. The Balaban J connectivity index is 1.38. The summed E-state index contributed by atoms with van der Waals surface area (Å²) in [5.41, 5.74) is 3.39. The molecule has 4 amide bonds. The Labute approximate surface area is 243 Å². The second-order valence-electron chi connectivity index (χ2n) is 9.99. The Hall–Kier alpha value is -4.66. The number of aromatic hydroxyl groups is 2. The minimum Gasteiger partial charge on any atom is -0.507 e. The van der Waals surface area contributed by atoms with Crippen LogP contribution in [0.5, 0.6) is 11.5 Å². The van der Waals surface area contributed by atoms with Gasteiger partial charge in [0.1, 0.15) is 11.5 Å². The van der Waals surface area contributed by atoms with Crippen LogP contribution >= 0.6 is 23.2 Å². The molecule has 2 heterocycles. The number of nitrogens with one attached hydrogen (secondary N) is 2. The Morgan fingerprint density at radius 2 is 1.10 bits per heavy atom. The average molecular weight is 587 g/mol. The fourth-order valence-corrected chi connectivity index (χ4v) is 5.96. The molecule has 0 bridgehead atoms. The summed E-state index contributed by atoms with van der Waals surface area (Å²) in [6.45, 7) is 1.97. The van der Waals surface area contributed by atoms with Gasteiger partial charge in [0.15, 0.2) is 0 Å². The first kappa shape index (κ1) is 26.6. The van der Waals surface area contributed by atoms with E-state index in [9.17, 15) is 29.4 Å². The maximum Gasteiger partial charge on any atom is 0.259 e. The Kier molecular flexibility index (Phi) is 6.32. The van der Waals surface area contributed by atoms with E-state index in [0.717, 1.165) is 11.1 Å². The van der Waals surface area contributed by atoms with Crippen molar-refractivity contribution < 1.29 is 29.4 Å². The highest BCUT2D eigenvalue weighted by molar-refractivity contribution is 6.37. The molecule has 0 aliphatic carbocycles. The zero-order valence-electron chi connectivity index (χ0n) is 21.3. The van der Waals surface area contributed by atoms with E-state index in [1.54, 1.807) is 24.3 Å². The Morgan fingerprint density at radius 1 is 0.610 bits per heavy atom.